The van der Waals surface area contributed by atoms with E-state index in [0.717, 1.165) is 0 Å². The van der Waals surface area contributed by atoms with Crippen LogP contribution in [0.1, 0.15) is 33.1 Å². The van der Waals surface area contributed by atoms with Gasteiger partial charge in [-0.05, 0) is 18.3 Å². The Morgan fingerprint density at radius 3 is 2.43 bits per heavy atom. The zero-order valence-corrected chi connectivity index (χ0v) is 9.05. The van der Waals surface area contributed by atoms with Gasteiger partial charge in [0.25, 0.3) is 0 Å². The van der Waals surface area contributed by atoms with Gasteiger partial charge in [-0.3, -0.25) is 4.79 Å². The number of aliphatic hydroxyl groups is 2. The number of hydrogen-bond donors (Lipinski definition) is 3. The van der Waals surface area contributed by atoms with E-state index in [0.29, 0.717) is 25.8 Å². The van der Waals surface area contributed by atoms with E-state index in [1.54, 1.807) is 0 Å². The molecule has 0 radical (unpaired) electrons. The van der Waals surface area contributed by atoms with Gasteiger partial charge in [-0.1, -0.05) is 13.8 Å². The summed E-state index contributed by atoms with van der Waals surface area (Å²) in [6.45, 7) is 4.75. The van der Waals surface area contributed by atoms with Crippen LogP contribution >= 0.6 is 0 Å². The maximum absolute atomic E-state index is 11.2. The Morgan fingerprint density at radius 1 is 1.29 bits per heavy atom. The first-order chi connectivity index (χ1) is 6.52. The summed E-state index contributed by atoms with van der Waals surface area (Å²) in [5.41, 5.74) is -0.0658. The Morgan fingerprint density at radius 2 is 1.93 bits per heavy atom. The molecule has 3 N–H and O–H groups in total. The second-order valence-corrected chi connectivity index (χ2v) is 4.24. The molecule has 84 valence electrons. The van der Waals surface area contributed by atoms with E-state index in [1.807, 2.05) is 13.8 Å². The van der Waals surface area contributed by atoms with Gasteiger partial charge in [0.1, 0.15) is 0 Å². The molecule has 0 fully saturated rings. The minimum absolute atomic E-state index is 0.0370. The van der Waals surface area contributed by atoms with Gasteiger partial charge in [-0.15, -0.1) is 0 Å². The lowest BCUT2D eigenvalue weighted by molar-refractivity contribution is -0.121. The monoisotopic (exact) mass is 203 g/mol. The lowest BCUT2D eigenvalue weighted by atomic mass is 9.90. The van der Waals surface area contributed by atoms with Gasteiger partial charge in [0.2, 0.25) is 5.91 Å². The lowest BCUT2D eigenvalue weighted by Gasteiger charge is -2.23. The van der Waals surface area contributed by atoms with E-state index < -0.39 is 0 Å². The molecule has 0 saturated carbocycles. The van der Waals surface area contributed by atoms with Crippen LogP contribution in [-0.2, 0) is 4.79 Å². The SMILES string of the molecule is CC(C)(CCO)CNC(=O)CCCO. The van der Waals surface area contributed by atoms with Crippen LogP contribution < -0.4 is 5.32 Å². The van der Waals surface area contributed by atoms with Crippen LogP contribution in [0, 0.1) is 5.41 Å². The summed E-state index contributed by atoms with van der Waals surface area (Å²) in [5.74, 6) is -0.0370. The van der Waals surface area contributed by atoms with Crippen molar-refractivity contribution in [1.82, 2.24) is 5.32 Å². The van der Waals surface area contributed by atoms with Gasteiger partial charge in [-0.2, -0.15) is 0 Å². The van der Waals surface area contributed by atoms with Crippen molar-refractivity contribution in [1.29, 1.82) is 0 Å². The Hall–Kier alpha value is -0.610. The first kappa shape index (κ1) is 13.4. The molecule has 14 heavy (non-hydrogen) atoms. The maximum Gasteiger partial charge on any atom is 0.220 e. The fourth-order valence-electron chi connectivity index (χ4n) is 1.06. The molecule has 1 amide bonds. The highest BCUT2D eigenvalue weighted by Crippen LogP contribution is 2.17. The van der Waals surface area contributed by atoms with Crippen molar-refractivity contribution >= 4 is 5.91 Å². The van der Waals surface area contributed by atoms with E-state index in [9.17, 15) is 4.79 Å². The topological polar surface area (TPSA) is 69.6 Å². The van der Waals surface area contributed by atoms with Crippen molar-refractivity contribution in [3.8, 4) is 0 Å². The van der Waals surface area contributed by atoms with E-state index in [1.165, 1.54) is 0 Å². The van der Waals surface area contributed by atoms with Crippen LogP contribution in [0.4, 0.5) is 0 Å². The molecule has 0 aromatic rings. The summed E-state index contributed by atoms with van der Waals surface area (Å²) in [5, 5.41) is 20.1. The smallest absolute Gasteiger partial charge is 0.220 e. The summed E-state index contributed by atoms with van der Waals surface area (Å²) in [4.78, 5) is 11.2. The van der Waals surface area contributed by atoms with Crippen LogP contribution in [0.2, 0.25) is 0 Å². The number of hydrogen-bond acceptors (Lipinski definition) is 3. The molecule has 0 spiro atoms. The van der Waals surface area contributed by atoms with Gasteiger partial charge < -0.3 is 15.5 Å². The number of carbonyl (C=O) groups excluding carboxylic acids is 1. The second kappa shape index (κ2) is 6.79. The van der Waals surface area contributed by atoms with Crippen molar-refractivity contribution in [2.75, 3.05) is 19.8 Å². The third-order valence-corrected chi connectivity index (χ3v) is 2.11. The highest BCUT2D eigenvalue weighted by molar-refractivity contribution is 5.75. The molecular formula is C10H21NO3. The fourth-order valence-corrected chi connectivity index (χ4v) is 1.06. The molecule has 4 nitrogen and oxygen atoms in total. The highest BCUT2D eigenvalue weighted by Gasteiger charge is 2.17. The number of carbonyl (C=O) groups is 1. The number of rotatable bonds is 7. The lowest BCUT2D eigenvalue weighted by Crippen LogP contribution is -2.34. The van der Waals surface area contributed by atoms with Crippen LogP contribution in [0.3, 0.4) is 0 Å². The Balaban J connectivity index is 3.64. The molecule has 0 aromatic heterocycles. The largest absolute Gasteiger partial charge is 0.396 e. The average Bonchev–Trinajstić information content (AvgIpc) is 2.11. The quantitative estimate of drug-likeness (QED) is 0.557. The van der Waals surface area contributed by atoms with Gasteiger partial charge in [0.05, 0.1) is 0 Å². The third-order valence-electron chi connectivity index (χ3n) is 2.11. The first-order valence-corrected chi connectivity index (χ1v) is 5.00. The molecule has 4 heteroatoms. The average molecular weight is 203 g/mol. The standard InChI is InChI=1S/C10H21NO3/c1-10(2,5-7-13)8-11-9(14)4-3-6-12/h12-13H,3-8H2,1-2H3,(H,11,14). The molecule has 0 rings (SSSR count). The van der Waals surface area contributed by atoms with Crippen LogP contribution in [0.25, 0.3) is 0 Å². The van der Waals surface area contributed by atoms with E-state index in [2.05, 4.69) is 5.32 Å². The van der Waals surface area contributed by atoms with Crippen LogP contribution in [0.5, 0.6) is 0 Å². The van der Waals surface area contributed by atoms with Crippen LogP contribution in [-0.4, -0.2) is 35.9 Å². The predicted molar refractivity (Wildman–Crippen MR) is 54.8 cm³/mol. The minimum Gasteiger partial charge on any atom is -0.396 e. The Labute approximate surface area is 85.3 Å². The molecule has 0 aliphatic carbocycles. The summed E-state index contributed by atoms with van der Waals surface area (Å²) < 4.78 is 0. The number of amides is 1. The summed E-state index contributed by atoms with van der Waals surface area (Å²) in [6.07, 6.45) is 1.55. The first-order valence-electron chi connectivity index (χ1n) is 5.00. The zero-order valence-electron chi connectivity index (χ0n) is 9.05. The van der Waals surface area contributed by atoms with Gasteiger partial charge >= 0.3 is 0 Å². The van der Waals surface area contributed by atoms with E-state index >= 15 is 0 Å². The molecule has 0 heterocycles. The van der Waals surface area contributed by atoms with Gasteiger partial charge in [-0.25, -0.2) is 0 Å². The van der Waals surface area contributed by atoms with Crippen molar-refractivity contribution in [2.45, 2.75) is 33.1 Å². The van der Waals surface area contributed by atoms with Crippen molar-refractivity contribution < 1.29 is 15.0 Å². The predicted octanol–water partition coefficient (Wildman–Crippen LogP) is 0.284. The molecule has 0 atom stereocenters. The molecule has 0 saturated heterocycles. The maximum atomic E-state index is 11.2. The summed E-state index contributed by atoms with van der Waals surface area (Å²) >= 11 is 0. The molecule has 0 unspecified atom stereocenters. The molecule has 0 aromatic carbocycles. The van der Waals surface area contributed by atoms with Crippen molar-refractivity contribution in [3.63, 3.8) is 0 Å². The normalized spacial score (nSPS) is 11.4. The van der Waals surface area contributed by atoms with Gasteiger partial charge in [0, 0.05) is 26.2 Å². The third kappa shape index (κ3) is 6.86. The van der Waals surface area contributed by atoms with Crippen molar-refractivity contribution in [2.24, 2.45) is 5.41 Å². The summed E-state index contributed by atoms with van der Waals surface area (Å²) in [7, 11) is 0. The molecular weight excluding hydrogens is 182 g/mol. The van der Waals surface area contributed by atoms with E-state index in [4.69, 9.17) is 10.2 Å². The van der Waals surface area contributed by atoms with E-state index in [-0.39, 0.29) is 24.5 Å². The molecule has 0 aliphatic rings. The minimum atomic E-state index is -0.0658. The van der Waals surface area contributed by atoms with Crippen LogP contribution in [0.15, 0.2) is 0 Å². The molecule has 0 aliphatic heterocycles. The fraction of sp³-hybridized carbons (Fsp3) is 0.900. The Bertz CT molecular complexity index is 169. The highest BCUT2D eigenvalue weighted by atomic mass is 16.3. The second-order valence-electron chi connectivity index (χ2n) is 4.24. The zero-order chi connectivity index (χ0) is 11.0. The van der Waals surface area contributed by atoms with Crippen molar-refractivity contribution in [3.05, 3.63) is 0 Å². The number of aliphatic hydroxyl groups excluding tert-OH is 2. The Kier molecular flexibility index (Phi) is 6.49. The van der Waals surface area contributed by atoms with Gasteiger partial charge in [0.15, 0.2) is 0 Å². The molecule has 0 bridgehead atoms. The summed E-state index contributed by atoms with van der Waals surface area (Å²) in [6, 6.07) is 0. The number of nitrogens with one attached hydrogen (secondary N) is 1.